The van der Waals surface area contributed by atoms with Gasteiger partial charge in [0.25, 0.3) is 0 Å². The van der Waals surface area contributed by atoms with E-state index in [1.165, 1.54) is 33.4 Å². The van der Waals surface area contributed by atoms with Gasteiger partial charge in [-0.25, -0.2) is 15.0 Å². The second-order valence-electron chi connectivity index (χ2n) is 16.2. The van der Waals surface area contributed by atoms with Crippen molar-refractivity contribution in [3.05, 3.63) is 240 Å². The largest absolute Gasteiger partial charge is 0.456 e. The molecular weight excluding hydrogens is 755 g/mol. The highest BCUT2D eigenvalue weighted by Gasteiger charge is 2.52. The number of ether oxygens (including phenoxy) is 1. The number of allylic oxidation sites excluding steroid dienone is 4. The van der Waals surface area contributed by atoms with E-state index in [4.69, 9.17) is 19.7 Å². The van der Waals surface area contributed by atoms with Gasteiger partial charge >= 0.3 is 0 Å². The van der Waals surface area contributed by atoms with E-state index < -0.39 is 5.41 Å². The minimum absolute atomic E-state index is 0.463. The van der Waals surface area contributed by atoms with E-state index in [-0.39, 0.29) is 0 Å². The molecule has 0 amide bonds. The molecule has 0 N–H and O–H groups in total. The van der Waals surface area contributed by atoms with Gasteiger partial charge in [-0.05, 0) is 87.2 Å². The third-order valence-corrected chi connectivity index (χ3v) is 12.7. The first-order chi connectivity index (χ1) is 30.7. The van der Waals surface area contributed by atoms with E-state index in [2.05, 4.69) is 200 Å². The highest BCUT2D eigenvalue weighted by atomic mass is 16.5. The van der Waals surface area contributed by atoms with Crippen molar-refractivity contribution in [3.8, 4) is 79.0 Å². The number of nitrogens with zero attached hydrogens (tertiary/aromatic N) is 3. The number of para-hydroxylation sites is 2. The maximum Gasteiger partial charge on any atom is 0.164 e. The molecule has 0 saturated carbocycles. The molecule has 2 aliphatic carbocycles. The van der Waals surface area contributed by atoms with Gasteiger partial charge in [0, 0.05) is 33.4 Å². The molecule has 0 saturated heterocycles. The molecule has 8 aromatic carbocycles. The van der Waals surface area contributed by atoms with Gasteiger partial charge in [-0.2, -0.15) is 0 Å². The fourth-order valence-electron chi connectivity index (χ4n) is 9.94. The number of hydrogen-bond acceptors (Lipinski definition) is 4. The lowest BCUT2D eigenvalue weighted by atomic mass is 9.63. The van der Waals surface area contributed by atoms with Crippen LogP contribution >= 0.6 is 0 Å². The second kappa shape index (κ2) is 14.6. The molecule has 4 nitrogen and oxygen atoms in total. The first-order valence-electron chi connectivity index (χ1n) is 21.3. The Kier molecular flexibility index (Phi) is 8.49. The van der Waals surface area contributed by atoms with Crippen LogP contribution in [0.3, 0.4) is 0 Å². The normalized spacial score (nSPS) is 15.7. The topological polar surface area (TPSA) is 47.9 Å². The number of fused-ring (bicyclic) bond motifs is 8. The third-order valence-electron chi connectivity index (χ3n) is 12.7. The summed E-state index contributed by atoms with van der Waals surface area (Å²) < 4.78 is 7.06. The third kappa shape index (κ3) is 5.79. The lowest BCUT2D eigenvalue weighted by Crippen LogP contribution is -2.33. The predicted molar refractivity (Wildman–Crippen MR) is 251 cm³/mol. The van der Waals surface area contributed by atoms with Crippen LogP contribution in [0.5, 0.6) is 11.5 Å². The fraction of sp³-hybridized carbons (Fsp3) is 0.0517. The molecule has 4 heteroatoms. The first-order valence-corrected chi connectivity index (χ1v) is 21.3. The maximum absolute atomic E-state index is 7.06. The molecular formula is C58H39N3O. The van der Waals surface area contributed by atoms with Crippen LogP contribution in [0.15, 0.2) is 218 Å². The van der Waals surface area contributed by atoms with Crippen molar-refractivity contribution >= 4 is 5.57 Å². The number of benzene rings is 8. The number of aromatic nitrogens is 3. The van der Waals surface area contributed by atoms with E-state index in [1.54, 1.807) is 0 Å². The average molecular weight is 794 g/mol. The van der Waals surface area contributed by atoms with Crippen LogP contribution in [-0.4, -0.2) is 15.0 Å². The molecule has 1 spiro atoms. The number of hydrogen-bond donors (Lipinski definition) is 0. The average Bonchev–Trinajstić information content (AvgIpc) is 3.65. The standard InChI is InChI=1S/C58H39N3O/c1-3-17-38(18-4-1)40-21-13-24-43(35-40)55-59-56(44-25-14-22-41(36-44)39-19-5-2-6-20-39)61-57(60-55)45-26-15-23-42(37-45)46-29-16-33-52-54(46)62-53-34-12-11-32-51(53)58(52)49-30-9-7-27-47(49)48-28-8-10-31-50(48)58/h1-9,11-30,32-37H,10,31H2. The van der Waals surface area contributed by atoms with Crippen molar-refractivity contribution in [2.24, 2.45) is 0 Å². The van der Waals surface area contributed by atoms with Crippen LogP contribution in [0.1, 0.15) is 35.1 Å². The molecule has 1 aromatic heterocycles. The molecule has 1 unspecified atom stereocenters. The molecule has 1 aliphatic heterocycles. The quantitative estimate of drug-likeness (QED) is 0.168. The Hall–Kier alpha value is -7.95. The molecule has 1 atom stereocenters. The predicted octanol–water partition coefficient (Wildman–Crippen LogP) is 14.4. The van der Waals surface area contributed by atoms with Gasteiger partial charge in [0.15, 0.2) is 17.5 Å². The molecule has 0 fully saturated rings. The van der Waals surface area contributed by atoms with Gasteiger partial charge in [0.05, 0.1) is 5.41 Å². The Morgan fingerprint density at radius 3 is 1.50 bits per heavy atom. The van der Waals surface area contributed by atoms with Gasteiger partial charge in [0.1, 0.15) is 11.5 Å². The molecule has 9 aromatic rings. The van der Waals surface area contributed by atoms with Crippen LogP contribution in [0, 0.1) is 0 Å². The van der Waals surface area contributed by atoms with Crippen molar-refractivity contribution in [2.45, 2.75) is 18.3 Å². The van der Waals surface area contributed by atoms with Crippen LogP contribution < -0.4 is 4.74 Å². The molecule has 3 aliphatic rings. The summed E-state index contributed by atoms with van der Waals surface area (Å²) in [5.74, 6) is 3.60. The molecule has 0 radical (unpaired) electrons. The molecule has 2 heterocycles. The van der Waals surface area contributed by atoms with Crippen molar-refractivity contribution < 1.29 is 4.74 Å². The summed E-state index contributed by atoms with van der Waals surface area (Å²) in [7, 11) is 0. The summed E-state index contributed by atoms with van der Waals surface area (Å²) in [5.41, 5.74) is 16.6. The summed E-state index contributed by atoms with van der Waals surface area (Å²) in [6.45, 7) is 0. The molecule has 62 heavy (non-hydrogen) atoms. The van der Waals surface area contributed by atoms with Crippen LogP contribution in [0.25, 0.3) is 73.1 Å². The zero-order valence-electron chi connectivity index (χ0n) is 33.9. The minimum Gasteiger partial charge on any atom is -0.456 e. The van der Waals surface area contributed by atoms with E-state index in [1.807, 2.05) is 12.1 Å². The van der Waals surface area contributed by atoms with Crippen molar-refractivity contribution in [1.82, 2.24) is 15.0 Å². The van der Waals surface area contributed by atoms with Gasteiger partial charge in [-0.3, -0.25) is 0 Å². The lowest BCUT2D eigenvalue weighted by Gasteiger charge is -2.41. The summed E-state index contributed by atoms with van der Waals surface area (Å²) in [4.78, 5) is 15.6. The van der Waals surface area contributed by atoms with Crippen LogP contribution in [-0.2, 0) is 5.41 Å². The monoisotopic (exact) mass is 793 g/mol. The van der Waals surface area contributed by atoms with Gasteiger partial charge in [-0.1, -0.05) is 188 Å². The Labute approximate surface area is 361 Å². The Bertz CT molecular complexity index is 3180. The minimum atomic E-state index is -0.463. The second-order valence-corrected chi connectivity index (χ2v) is 16.2. The highest BCUT2D eigenvalue weighted by Crippen LogP contribution is 2.63. The zero-order valence-corrected chi connectivity index (χ0v) is 33.9. The maximum atomic E-state index is 7.06. The lowest BCUT2D eigenvalue weighted by molar-refractivity contribution is 0.433. The van der Waals surface area contributed by atoms with Gasteiger partial charge in [-0.15, -0.1) is 0 Å². The smallest absolute Gasteiger partial charge is 0.164 e. The number of rotatable bonds is 6. The van der Waals surface area contributed by atoms with Crippen molar-refractivity contribution in [3.63, 3.8) is 0 Å². The van der Waals surface area contributed by atoms with Crippen LogP contribution in [0.4, 0.5) is 0 Å². The van der Waals surface area contributed by atoms with Crippen molar-refractivity contribution in [2.75, 3.05) is 0 Å². The summed E-state index contributed by atoms with van der Waals surface area (Å²) in [6, 6.07) is 70.6. The molecule has 292 valence electrons. The van der Waals surface area contributed by atoms with E-state index in [9.17, 15) is 0 Å². The zero-order chi connectivity index (χ0) is 41.0. The Morgan fingerprint density at radius 2 is 0.855 bits per heavy atom. The molecule has 12 rings (SSSR count). The van der Waals surface area contributed by atoms with E-state index >= 15 is 0 Å². The summed E-state index contributed by atoms with van der Waals surface area (Å²) in [5, 5.41) is 0. The Morgan fingerprint density at radius 1 is 0.387 bits per heavy atom. The van der Waals surface area contributed by atoms with Crippen molar-refractivity contribution in [1.29, 1.82) is 0 Å². The Balaban J connectivity index is 1.02. The van der Waals surface area contributed by atoms with Crippen LogP contribution in [0.2, 0.25) is 0 Å². The summed E-state index contributed by atoms with van der Waals surface area (Å²) >= 11 is 0. The first kappa shape index (κ1) is 35.9. The highest BCUT2D eigenvalue weighted by molar-refractivity contribution is 5.93. The fourth-order valence-corrected chi connectivity index (χ4v) is 9.94. The SMILES string of the molecule is C1=CC2=C(CC1)C1(c3ccccc3Oc3c(-c4cccc(-c5nc(-c6cccc(-c7ccccc7)c6)nc(-c6cccc(-c7ccccc7)c6)n5)c4)cccc31)c1ccccc12. The molecule has 0 bridgehead atoms. The summed E-state index contributed by atoms with van der Waals surface area (Å²) in [6.07, 6.45) is 6.66. The van der Waals surface area contributed by atoms with Gasteiger partial charge in [0.2, 0.25) is 0 Å². The van der Waals surface area contributed by atoms with E-state index in [0.29, 0.717) is 17.5 Å². The van der Waals surface area contributed by atoms with E-state index in [0.717, 1.165) is 74.4 Å². The van der Waals surface area contributed by atoms with Gasteiger partial charge < -0.3 is 4.74 Å².